The van der Waals surface area contributed by atoms with Crippen LogP contribution in [-0.2, 0) is 61.9 Å². The van der Waals surface area contributed by atoms with Gasteiger partial charge in [-0.3, -0.25) is 19.2 Å². The van der Waals surface area contributed by atoms with Crippen molar-refractivity contribution in [2.45, 2.75) is 186 Å². The van der Waals surface area contributed by atoms with Crippen molar-refractivity contribution < 1.29 is 77.2 Å². The molecule has 16 atom stereocenters. The topological polar surface area (TPSA) is 223 Å². The van der Waals surface area contributed by atoms with Crippen LogP contribution in [0.15, 0.2) is 47.6 Å². The van der Waals surface area contributed by atoms with E-state index in [0.717, 1.165) is 12.0 Å². The van der Waals surface area contributed by atoms with Crippen molar-refractivity contribution in [1.82, 2.24) is 4.90 Å². The number of Topliss-reactive ketones (excluding diaryl/α,β-unsaturated/α-hetero) is 3. The minimum Gasteiger partial charge on any atom is -0.460 e. The molecule has 4 heterocycles. The molecule has 0 radical (unpaired) electrons. The van der Waals surface area contributed by atoms with E-state index in [4.69, 9.17) is 37.9 Å². The third-order valence-corrected chi connectivity index (χ3v) is 16.0. The number of ketones is 3. The number of aliphatic hydroxyl groups excluding tert-OH is 2. The lowest BCUT2D eigenvalue weighted by molar-refractivity contribution is -0.266. The van der Waals surface area contributed by atoms with E-state index in [1.165, 1.54) is 12.0 Å². The van der Waals surface area contributed by atoms with E-state index in [1.54, 1.807) is 34.0 Å². The first-order valence-corrected chi connectivity index (χ1v) is 27.3. The number of carbonyl (C=O) groups is 5. The molecule has 1 saturated carbocycles. The van der Waals surface area contributed by atoms with E-state index in [0.29, 0.717) is 76.8 Å². The van der Waals surface area contributed by atoms with Crippen LogP contribution in [-0.4, -0.2) is 171 Å². The number of aliphatic hydroxyl groups is 3. The number of amides is 1. The van der Waals surface area contributed by atoms with Gasteiger partial charge < -0.3 is 58.1 Å². The molecule has 0 spiro atoms. The van der Waals surface area contributed by atoms with Gasteiger partial charge in [0.2, 0.25) is 5.79 Å². The van der Waals surface area contributed by atoms with Crippen molar-refractivity contribution in [1.29, 1.82) is 0 Å². The standard InChI is InChI=1S/C57H89NO16/c1-35-15-11-10-12-16-36(2)48(72-34-44-33-69-25-26-70-44)31-43-20-18-41(7)57(66,74-43)54(63)55(64)58-22-14-13-17-45(58)56(65)73-49(38(4)29-42-19-21-47(71-24-23-59)50(30-42)67-8)32-46(60)37(3)28-40(6)52(62)53(68-9)51(61)39(5)27-35/h10-12,15-16,28,35,37-39,41-45,47-50,52-53,59,62,66H,13-14,17-27,29-34H2,1-9H3/t35-,37-,38-,39-,41-,42+,43+,44+,45+,47-,48-,49+,50-,52-,53+,57-/m1/s1. The summed E-state index contributed by atoms with van der Waals surface area (Å²) in [5, 5.41) is 33.1. The van der Waals surface area contributed by atoms with Gasteiger partial charge in [-0.1, -0.05) is 71.1 Å². The average Bonchev–Trinajstić information content (AvgIpc) is 3.39. The summed E-state index contributed by atoms with van der Waals surface area (Å²) >= 11 is 0. The zero-order valence-electron chi connectivity index (χ0n) is 45.7. The SMILES string of the molecule is CO[C@@H]1C[C@H](C[C@@H](C)[C@@H]2CC(=O)[C@H](C)C=C(C)[C@@H](O)[C@@H](OC)C(=O)[C@H](C)C[C@H](C)C=CC=CC=C(C)[C@H](OC[C@@H]3COCCO3)C[C@@H]3CC[C@@H](C)[C@@](O)(O3)C(=O)C(=O)N3CCCC[C@H]3C(=O)O2)CC[C@H]1OCCO. The summed E-state index contributed by atoms with van der Waals surface area (Å²) in [6.45, 7) is 14.4. The van der Waals surface area contributed by atoms with Crippen LogP contribution in [0.25, 0.3) is 0 Å². The molecular weight excluding hydrogens is 955 g/mol. The lowest BCUT2D eigenvalue weighted by Crippen LogP contribution is -2.61. The lowest BCUT2D eigenvalue weighted by atomic mass is 9.78. The van der Waals surface area contributed by atoms with Gasteiger partial charge in [0.1, 0.15) is 36.2 Å². The molecule has 0 aromatic heterocycles. The molecule has 17 heteroatoms. The van der Waals surface area contributed by atoms with Crippen LogP contribution in [0.3, 0.4) is 0 Å². The van der Waals surface area contributed by atoms with Gasteiger partial charge in [-0.05, 0) is 107 Å². The first-order valence-electron chi connectivity index (χ1n) is 27.3. The quantitative estimate of drug-likeness (QED) is 0.123. The van der Waals surface area contributed by atoms with Gasteiger partial charge in [-0.2, -0.15) is 0 Å². The van der Waals surface area contributed by atoms with Crippen molar-refractivity contribution in [3.63, 3.8) is 0 Å². The Morgan fingerprint density at radius 1 is 0.865 bits per heavy atom. The van der Waals surface area contributed by atoms with Gasteiger partial charge in [0.05, 0.1) is 64.1 Å². The highest BCUT2D eigenvalue weighted by Crippen LogP contribution is 2.38. The van der Waals surface area contributed by atoms with E-state index in [2.05, 4.69) is 0 Å². The third-order valence-electron chi connectivity index (χ3n) is 16.0. The molecule has 2 bridgehead atoms. The summed E-state index contributed by atoms with van der Waals surface area (Å²) in [4.78, 5) is 72.9. The van der Waals surface area contributed by atoms with Crippen LogP contribution in [0.1, 0.15) is 126 Å². The van der Waals surface area contributed by atoms with Crippen LogP contribution < -0.4 is 0 Å². The number of methoxy groups -OCH3 is 2. The second kappa shape index (κ2) is 29.9. The summed E-state index contributed by atoms with van der Waals surface area (Å²) in [6.07, 6.45) is 11.3. The number of hydrogen-bond donors (Lipinski definition) is 3. The molecule has 4 aliphatic heterocycles. The molecule has 3 saturated heterocycles. The molecule has 1 aliphatic carbocycles. The predicted molar refractivity (Wildman–Crippen MR) is 275 cm³/mol. The molecule has 74 heavy (non-hydrogen) atoms. The second-order valence-corrected chi connectivity index (χ2v) is 21.8. The Kier molecular flexibility index (Phi) is 24.8. The van der Waals surface area contributed by atoms with Gasteiger partial charge in [-0.25, -0.2) is 4.79 Å². The number of allylic oxidation sites excluding steroid dienone is 6. The van der Waals surface area contributed by atoms with E-state index >= 15 is 0 Å². The Bertz CT molecular complexity index is 1960. The normalized spacial score (nSPS) is 36.9. The smallest absolute Gasteiger partial charge is 0.329 e. The Labute approximate surface area is 439 Å². The van der Waals surface area contributed by atoms with E-state index in [9.17, 15) is 39.3 Å². The Hall–Kier alpha value is -3.49. The number of nitrogens with zero attached hydrogens (tertiary/aromatic N) is 1. The predicted octanol–water partition coefficient (Wildman–Crippen LogP) is 5.98. The fraction of sp³-hybridized carbons (Fsp3) is 0.772. The summed E-state index contributed by atoms with van der Waals surface area (Å²) in [7, 11) is 3.01. The highest BCUT2D eigenvalue weighted by Gasteiger charge is 2.53. The molecule has 4 fully saturated rings. The maximum absolute atomic E-state index is 14.6. The Morgan fingerprint density at radius 3 is 2.34 bits per heavy atom. The van der Waals surface area contributed by atoms with Crippen molar-refractivity contribution in [3.8, 4) is 0 Å². The first-order chi connectivity index (χ1) is 35.3. The molecule has 418 valence electrons. The van der Waals surface area contributed by atoms with Crippen LogP contribution in [0.4, 0.5) is 0 Å². The van der Waals surface area contributed by atoms with E-state index in [-0.39, 0.29) is 93.3 Å². The average molecular weight is 1040 g/mol. The Balaban J connectivity index is 1.47. The largest absolute Gasteiger partial charge is 0.460 e. The summed E-state index contributed by atoms with van der Waals surface area (Å²) < 4.78 is 47.9. The van der Waals surface area contributed by atoms with Crippen molar-refractivity contribution in [3.05, 3.63) is 47.6 Å². The number of carbonyl (C=O) groups excluding carboxylic acids is 5. The number of fused-ring (bicyclic) bond motifs is 3. The minimum atomic E-state index is -2.48. The lowest BCUT2D eigenvalue weighted by Gasteiger charge is -2.43. The van der Waals surface area contributed by atoms with E-state index in [1.807, 2.05) is 58.1 Å². The zero-order chi connectivity index (χ0) is 54.1. The summed E-state index contributed by atoms with van der Waals surface area (Å²) in [5.41, 5.74) is 1.23. The zero-order valence-corrected chi connectivity index (χ0v) is 45.7. The van der Waals surface area contributed by atoms with Gasteiger partial charge >= 0.3 is 5.97 Å². The van der Waals surface area contributed by atoms with Crippen LogP contribution in [0, 0.1) is 35.5 Å². The monoisotopic (exact) mass is 1040 g/mol. The molecule has 5 rings (SSSR count). The molecule has 0 unspecified atom stereocenters. The van der Waals surface area contributed by atoms with Crippen molar-refractivity contribution >= 4 is 29.2 Å². The number of rotatable bonds is 11. The minimum absolute atomic E-state index is 0.0101. The fourth-order valence-corrected chi connectivity index (χ4v) is 11.3. The number of cyclic esters (lactones) is 1. The molecule has 5 aliphatic rings. The highest BCUT2D eigenvalue weighted by atomic mass is 16.6. The number of esters is 1. The number of piperidine rings is 1. The Morgan fingerprint density at radius 2 is 1.64 bits per heavy atom. The van der Waals surface area contributed by atoms with E-state index < -0.39 is 77.8 Å². The molecule has 0 aromatic rings. The van der Waals surface area contributed by atoms with Gasteiger partial charge in [0, 0.05) is 51.4 Å². The summed E-state index contributed by atoms with van der Waals surface area (Å²) in [6, 6.07) is -1.17. The highest BCUT2D eigenvalue weighted by molar-refractivity contribution is 6.39. The molecule has 1 amide bonds. The van der Waals surface area contributed by atoms with Gasteiger partial charge in [-0.15, -0.1) is 0 Å². The van der Waals surface area contributed by atoms with Crippen LogP contribution in [0.5, 0.6) is 0 Å². The molecule has 0 aromatic carbocycles. The van der Waals surface area contributed by atoms with Crippen molar-refractivity contribution in [2.24, 2.45) is 35.5 Å². The second-order valence-electron chi connectivity index (χ2n) is 21.8. The fourth-order valence-electron chi connectivity index (χ4n) is 11.3. The van der Waals surface area contributed by atoms with Gasteiger partial charge in [0.15, 0.2) is 5.78 Å². The maximum atomic E-state index is 14.6. The number of hydrogen-bond acceptors (Lipinski definition) is 16. The molecular formula is C57H89NO16. The van der Waals surface area contributed by atoms with Crippen LogP contribution in [0.2, 0.25) is 0 Å². The maximum Gasteiger partial charge on any atom is 0.329 e. The third kappa shape index (κ3) is 17.0. The van der Waals surface area contributed by atoms with Crippen LogP contribution >= 0.6 is 0 Å². The first kappa shape index (κ1) is 61.4. The molecule has 3 N–H and O–H groups in total. The molecule has 17 nitrogen and oxygen atoms in total. The summed E-state index contributed by atoms with van der Waals surface area (Å²) in [5.74, 6) is -8.18. The van der Waals surface area contributed by atoms with Crippen molar-refractivity contribution in [2.75, 3.05) is 60.4 Å². The van der Waals surface area contributed by atoms with Gasteiger partial charge in [0.25, 0.3) is 11.7 Å². The number of ether oxygens (including phenoxy) is 8.